The molecule has 0 aliphatic carbocycles. The minimum Gasteiger partial charge on any atom is -0.349 e. The van der Waals surface area contributed by atoms with Gasteiger partial charge in [0, 0.05) is 0 Å². The van der Waals surface area contributed by atoms with E-state index >= 15 is 0 Å². The lowest BCUT2D eigenvalue weighted by molar-refractivity contribution is -0.181. The molecule has 1 amide bonds. The van der Waals surface area contributed by atoms with E-state index in [-0.39, 0.29) is 19.2 Å². The first kappa shape index (κ1) is 6.51. The summed E-state index contributed by atoms with van der Waals surface area (Å²) in [5, 5.41) is 1.22. The number of hydroxylamine groups is 2. The largest absolute Gasteiger partial charge is 0.349 e. The Morgan fingerprint density at radius 2 is 2.67 bits per heavy atom. The third-order valence-corrected chi connectivity index (χ3v) is 0.997. The van der Waals surface area contributed by atoms with Crippen molar-refractivity contribution in [1.29, 1.82) is 0 Å². The van der Waals surface area contributed by atoms with Crippen molar-refractivity contribution in [3.8, 4) is 0 Å². The van der Waals surface area contributed by atoms with Gasteiger partial charge in [-0.05, 0) is 6.92 Å². The zero-order chi connectivity index (χ0) is 6.69. The summed E-state index contributed by atoms with van der Waals surface area (Å²) < 4.78 is 4.77. The van der Waals surface area contributed by atoms with Crippen LogP contribution in [-0.2, 0) is 14.4 Å². The van der Waals surface area contributed by atoms with Crippen LogP contribution in [0.1, 0.15) is 6.92 Å². The van der Waals surface area contributed by atoms with E-state index < -0.39 is 0 Å². The number of amides is 1. The molecule has 0 spiro atoms. The average molecular weight is 131 g/mol. The SMILES string of the molecule is CCON1COCC1=O. The van der Waals surface area contributed by atoms with Crippen LogP contribution in [0.15, 0.2) is 0 Å². The zero-order valence-electron chi connectivity index (χ0n) is 5.29. The highest BCUT2D eigenvalue weighted by molar-refractivity contribution is 5.77. The van der Waals surface area contributed by atoms with Crippen LogP contribution < -0.4 is 0 Å². The maximum Gasteiger partial charge on any atom is 0.274 e. The van der Waals surface area contributed by atoms with E-state index in [1.807, 2.05) is 6.92 Å². The van der Waals surface area contributed by atoms with Crippen LogP contribution in [0, 0.1) is 0 Å². The van der Waals surface area contributed by atoms with Gasteiger partial charge in [0.15, 0.2) is 0 Å². The number of hydrogen-bond acceptors (Lipinski definition) is 3. The topological polar surface area (TPSA) is 38.8 Å². The molecule has 4 nitrogen and oxygen atoms in total. The molecule has 1 heterocycles. The van der Waals surface area contributed by atoms with Crippen LogP contribution in [0.5, 0.6) is 0 Å². The molecule has 0 aromatic rings. The minimum absolute atomic E-state index is 0.100. The summed E-state index contributed by atoms with van der Waals surface area (Å²) in [5.74, 6) is -0.100. The first-order valence-electron chi connectivity index (χ1n) is 2.85. The molecule has 0 atom stereocenters. The third kappa shape index (κ3) is 1.40. The first-order chi connectivity index (χ1) is 4.34. The van der Waals surface area contributed by atoms with Gasteiger partial charge in [-0.1, -0.05) is 0 Å². The van der Waals surface area contributed by atoms with E-state index in [0.29, 0.717) is 6.61 Å². The Kier molecular flexibility index (Phi) is 2.02. The molecular formula is C5H9NO3. The summed E-state index contributed by atoms with van der Waals surface area (Å²) in [6.07, 6.45) is 0. The highest BCUT2D eigenvalue weighted by atomic mass is 16.7. The lowest BCUT2D eigenvalue weighted by Crippen LogP contribution is -2.25. The number of ether oxygens (including phenoxy) is 1. The fourth-order valence-electron chi connectivity index (χ4n) is 0.625. The van der Waals surface area contributed by atoms with Crippen molar-refractivity contribution in [2.24, 2.45) is 0 Å². The highest BCUT2D eigenvalue weighted by Gasteiger charge is 2.20. The summed E-state index contributed by atoms with van der Waals surface area (Å²) in [6.45, 7) is 2.76. The summed E-state index contributed by atoms with van der Waals surface area (Å²) in [6, 6.07) is 0. The molecule has 0 bridgehead atoms. The van der Waals surface area contributed by atoms with Gasteiger partial charge in [-0.15, -0.1) is 0 Å². The Morgan fingerprint density at radius 3 is 3.11 bits per heavy atom. The third-order valence-electron chi connectivity index (χ3n) is 0.997. The zero-order valence-corrected chi connectivity index (χ0v) is 5.29. The fourth-order valence-corrected chi connectivity index (χ4v) is 0.625. The predicted octanol–water partition coefficient (Wildman–Crippen LogP) is -0.246. The molecule has 52 valence electrons. The van der Waals surface area contributed by atoms with Gasteiger partial charge in [0.25, 0.3) is 5.91 Å². The minimum atomic E-state index is -0.100. The normalized spacial score (nSPS) is 19.2. The number of carbonyl (C=O) groups excluding carboxylic acids is 1. The molecule has 9 heavy (non-hydrogen) atoms. The Morgan fingerprint density at radius 1 is 1.89 bits per heavy atom. The molecule has 0 N–H and O–H groups in total. The molecular weight excluding hydrogens is 122 g/mol. The van der Waals surface area contributed by atoms with Gasteiger partial charge in [0.05, 0.1) is 6.61 Å². The first-order valence-corrected chi connectivity index (χ1v) is 2.85. The van der Waals surface area contributed by atoms with Gasteiger partial charge in [0.2, 0.25) is 0 Å². The smallest absolute Gasteiger partial charge is 0.274 e. The molecule has 1 saturated heterocycles. The van der Waals surface area contributed by atoms with E-state index in [9.17, 15) is 4.79 Å². The van der Waals surface area contributed by atoms with Gasteiger partial charge < -0.3 is 4.74 Å². The van der Waals surface area contributed by atoms with Gasteiger partial charge >= 0.3 is 0 Å². The van der Waals surface area contributed by atoms with Gasteiger partial charge in [-0.2, -0.15) is 5.06 Å². The van der Waals surface area contributed by atoms with Crippen molar-refractivity contribution in [3.05, 3.63) is 0 Å². The molecule has 0 unspecified atom stereocenters. The molecule has 0 aromatic carbocycles. The van der Waals surface area contributed by atoms with Crippen LogP contribution >= 0.6 is 0 Å². The maximum absolute atomic E-state index is 10.6. The predicted molar refractivity (Wildman–Crippen MR) is 29.3 cm³/mol. The molecule has 4 heteroatoms. The molecule has 1 aliphatic rings. The summed E-state index contributed by atoms with van der Waals surface area (Å²) >= 11 is 0. The second kappa shape index (κ2) is 2.80. The summed E-state index contributed by atoms with van der Waals surface area (Å²) in [5.41, 5.74) is 0. The van der Waals surface area contributed by atoms with E-state index in [1.165, 1.54) is 5.06 Å². The summed E-state index contributed by atoms with van der Waals surface area (Å²) in [4.78, 5) is 15.5. The average Bonchev–Trinajstić information content (AvgIpc) is 2.18. The van der Waals surface area contributed by atoms with Crippen molar-refractivity contribution in [1.82, 2.24) is 5.06 Å². The molecule has 0 radical (unpaired) electrons. The second-order valence-electron chi connectivity index (χ2n) is 1.67. The molecule has 1 rings (SSSR count). The van der Waals surface area contributed by atoms with E-state index in [0.717, 1.165) is 0 Å². The Bertz CT molecular complexity index is 115. The number of rotatable bonds is 2. The van der Waals surface area contributed by atoms with Crippen molar-refractivity contribution in [2.75, 3.05) is 19.9 Å². The number of carbonyl (C=O) groups is 1. The maximum atomic E-state index is 10.6. The van der Waals surface area contributed by atoms with Crippen LogP contribution in [0.2, 0.25) is 0 Å². The lowest BCUT2D eigenvalue weighted by Gasteiger charge is -2.10. The molecule has 0 aromatic heterocycles. The quantitative estimate of drug-likeness (QED) is 0.519. The van der Waals surface area contributed by atoms with Gasteiger partial charge in [-0.25, -0.2) is 0 Å². The standard InChI is InChI=1S/C5H9NO3/c1-2-9-6-4-8-3-5(6)7/h2-4H2,1H3. The molecule has 0 saturated carbocycles. The van der Waals surface area contributed by atoms with Crippen LogP contribution in [0.3, 0.4) is 0 Å². The Hall–Kier alpha value is -0.610. The van der Waals surface area contributed by atoms with Crippen molar-refractivity contribution >= 4 is 5.91 Å². The van der Waals surface area contributed by atoms with Crippen molar-refractivity contribution < 1.29 is 14.4 Å². The summed E-state index contributed by atoms with van der Waals surface area (Å²) in [7, 11) is 0. The monoisotopic (exact) mass is 131 g/mol. The van der Waals surface area contributed by atoms with Crippen molar-refractivity contribution in [3.63, 3.8) is 0 Å². The lowest BCUT2D eigenvalue weighted by atomic mass is 10.7. The highest BCUT2D eigenvalue weighted by Crippen LogP contribution is 2.00. The number of hydrogen-bond donors (Lipinski definition) is 0. The van der Waals surface area contributed by atoms with Crippen LogP contribution in [-0.4, -0.2) is 30.9 Å². The molecule has 1 fully saturated rings. The Labute approximate surface area is 53.3 Å². The van der Waals surface area contributed by atoms with E-state index in [2.05, 4.69) is 0 Å². The van der Waals surface area contributed by atoms with Gasteiger partial charge in [-0.3, -0.25) is 9.63 Å². The van der Waals surface area contributed by atoms with Crippen molar-refractivity contribution in [2.45, 2.75) is 6.92 Å². The number of nitrogens with zero attached hydrogens (tertiary/aromatic N) is 1. The second-order valence-corrected chi connectivity index (χ2v) is 1.67. The van der Waals surface area contributed by atoms with E-state index in [1.54, 1.807) is 0 Å². The van der Waals surface area contributed by atoms with E-state index in [4.69, 9.17) is 9.57 Å². The van der Waals surface area contributed by atoms with Crippen LogP contribution in [0.25, 0.3) is 0 Å². The Balaban J connectivity index is 2.31. The molecule has 1 aliphatic heterocycles. The van der Waals surface area contributed by atoms with Crippen LogP contribution in [0.4, 0.5) is 0 Å². The van der Waals surface area contributed by atoms with Gasteiger partial charge in [0.1, 0.15) is 13.3 Å². The fraction of sp³-hybridized carbons (Fsp3) is 0.800.